The Kier molecular flexibility index (Phi) is 0.869. The second-order valence-electron chi connectivity index (χ2n) is 2.67. The first-order valence-corrected chi connectivity index (χ1v) is 2.58. The summed E-state index contributed by atoms with van der Waals surface area (Å²) < 4.78 is 0. The zero-order chi connectivity index (χ0) is 5.49. The lowest BCUT2D eigenvalue weighted by Gasteiger charge is -2.38. The van der Waals surface area contributed by atoms with Gasteiger partial charge in [-0.2, -0.15) is 0 Å². The van der Waals surface area contributed by atoms with Gasteiger partial charge in [0, 0.05) is 6.04 Å². The van der Waals surface area contributed by atoms with Gasteiger partial charge >= 0.3 is 0 Å². The van der Waals surface area contributed by atoms with Crippen LogP contribution in [0.15, 0.2) is 0 Å². The Morgan fingerprint density at radius 3 is 2.14 bits per heavy atom. The summed E-state index contributed by atoms with van der Waals surface area (Å²) in [5, 5.41) is 9.00. The standard InChI is InChI=1S/C5H11NO/c1-5(7)2-4(6)3-5/h4,7H,2-3,6H2,1H3/t4-,5-. The Hall–Kier alpha value is -0.0800. The first kappa shape index (κ1) is 5.06. The lowest BCUT2D eigenvalue weighted by molar-refractivity contribution is -0.0286. The van der Waals surface area contributed by atoms with Crippen LogP contribution in [-0.2, 0) is 0 Å². The van der Waals surface area contributed by atoms with E-state index in [9.17, 15) is 0 Å². The van der Waals surface area contributed by atoms with Crippen LogP contribution in [0.3, 0.4) is 0 Å². The molecule has 0 aromatic carbocycles. The van der Waals surface area contributed by atoms with Crippen molar-refractivity contribution in [3.63, 3.8) is 0 Å². The van der Waals surface area contributed by atoms with E-state index in [1.807, 2.05) is 6.92 Å². The predicted octanol–water partition coefficient (Wildman–Crippen LogP) is -0.142. The number of aliphatic hydroxyl groups is 1. The van der Waals surface area contributed by atoms with Crippen molar-refractivity contribution in [1.82, 2.24) is 0 Å². The first-order chi connectivity index (χ1) is 3.10. The number of nitrogens with two attached hydrogens (primary N) is 1. The molecule has 3 N–H and O–H groups in total. The molecular weight excluding hydrogens is 90.1 g/mol. The van der Waals surface area contributed by atoms with Crippen LogP contribution in [-0.4, -0.2) is 16.7 Å². The molecule has 0 unspecified atom stereocenters. The molecule has 0 aromatic heterocycles. The van der Waals surface area contributed by atoms with Gasteiger partial charge in [0.1, 0.15) is 0 Å². The van der Waals surface area contributed by atoms with Gasteiger partial charge in [0.05, 0.1) is 5.60 Å². The average molecular weight is 101 g/mol. The number of hydrogen-bond acceptors (Lipinski definition) is 2. The largest absolute Gasteiger partial charge is 0.390 e. The van der Waals surface area contributed by atoms with Crippen molar-refractivity contribution in [2.45, 2.75) is 31.4 Å². The molecule has 2 heteroatoms. The summed E-state index contributed by atoms with van der Waals surface area (Å²) in [6, 6.07) is 0.259. The molecule has 1 rings (SSSR count). The van der Waals surface area contributed by atoms with Crippen LogP contribution < -0.4 is 5.73 Å². The molecule has 1 saturated carbocycles. The molecule has 0 spiro atoms. The van der Waals surface area contributed by atoms with E-state index in [1.54, 1.807) is 0 Å². The van der Waals surface area contributed by atoms with Gasteiger partial charge in [0.25, 0.3) is 0 Å². The Morgan fingerprint density at radius 1 is 1.71 bits per heavy atom. The minimum Gasteiger partial charge on any atom is -0.390 e. The van der Waals surface area contributed by atoms with E-state index in [4.69, 9.17) is 10.8 Å². The molecule has 1 aliphatic rings. The van der Waals surface area contributed by atoms with Crippen LogP contribution in [0.5, 0.6) is 0 Å². The third-order valence-electron chi connectivity index (χ3n) is 1.40. The molecule has 0 heterocycles. The normalized spacial score (nSPS) is 51.0. The van der Waals surface area contributed by atoms with Crippen molar-refractivity contribution in [1.29, 1.82) is 0 Å². The fourth-order valence-electron chi connectivity index (χ4n) is 1.07. The Balaban J connectivity index is 2.29. The second-order valence-corrected chi connectivity index (χ2v) is 2.67. The topological polar surface area (TPSA) is 46.2 Å². The van der Waals surface area contributed by atoms with Crippen LogP contribution in [0.25, 0.3) is 0 Å². The van der Waals surface area contributed by atoms with E-state index < -0.39 is 5.60 Å². The van der Waals surface area contributed by atoms with Crippen LogP contribution in [0, 0.1) is 0 Å². The molecule has 0 atom stereocenters. The van der Waals surface area contributed by atoms with Crippen molar-refractivity contribution >= 4 is 0 Å². The zero-order valence-corrected chi connectivity index (χ0v) is 4.52. The molecule has 2 nitrogen and oxygen atoms in total. The molecule has 0 bridgehead atoms. The quantitative estimate of drug-likeness (QED) is 0.446. The van der Waals surface area contributed by atoms with Crippen LogP contribution in [0.4, 0.5) is 0 Å². The van der Waals surface area contributed by atoms with Crippen molar-refractivity contribution in [2.75, 3.05) is 0 Å². The van der Waals surface area contributed by atoms with Gasteiger partial charge in [-0.1, -0.05) is 0 Å². The van der Waals surface area contributed by atoms with E-state index in [1.165, 1.54) is 0 Å². The Morgan fingerprint density at radius 2 is 2.14 bits per heavy atom. The fourth-order valence-corrected chi connectivity index (χ4v) is 1.07. The summed E-state index contributed by atoms with van der Waals surface area (Å²) in [5.74, 6) is 0. The summed E-state index contributed by atoms with van der Waals surface area (Å²) in [6.45, 7) is 1.82. The summed E-state index contributed by atoms with van der Waals surface area (Å²) in [7, 11) is 0. The highest BCUT2D eigenvalue weighted by Gasteiger charge is 2.35. The highest BCUT2D eigenvalue weighted by atomic mass is 16.3. The molecule has 0 saturated heterocycles. The smallest absolute Gasteiger partial charge is 0.0649 e. The van der Waals surface area contributed by atoms with E-state index in [-0.39, 0.29) is 6.04 Å². The average Bonchev–Trinajstić information content (AvgIpc) is 1.27. The summed E-state index contributed by atoms with van der Waals surface area (Å²) >= 11 is 0. The molecule has 0 aromatic rings. The van der Waals surface area contributed by atoms with E-state index in [0.717, 1.165) is 12.8 Å². The maximum atomic E-state index is 9.00. The molecule has 7 heavy (non-hydrogen) atoms. The van der Waals surface area contributed by atoms with Gasteiger partial charge in [0.15, 0.2) is 0 Å². The maximum Gasteiger partial charge on any atom is 0.0649 e. The van der Waals surface area contributed by atoms with E-state index in [2.05, 4.69) is 0 Å². The lowest BCUT2D eigenvalue weighted by atomic mass is 9.78. The van der Waals surface area contributed by atoms with Crippen molar-refractivity contribution in [3.8, 4) is 0 Å². The maximum absolute atomic E-state index is 9.00. The van der Waals surface area contributed by atoms with Crippen molar-refractivity contribution in [3.05, 3.63) is 0 Å². The molecule has 1 aliphatic carbocycles. The Bertz CT molecular complexity index is 72.1. The van der Waals surface area contributed by atoms with Gasteiger partial charge in [-0.3, -0.25) is 0 Å². The summed E-state index contributed by atoms with van der Waals surface area (Å²) in [6.07, 6.45) is 1.54. The SMILES string of the molecule is C[C@]1(O)C[C@H](N)C1. The van der Waals surface area contributed by atoms with E-state index >= 15 is 0 Å². The third-order valence-corrected chi connectivity index (χ3v) is 1.40. The predicted molar refractivity (Wildman–Crippen MR) is 27.8 cm³/mol. The number of hydrogen-bond donors (Lipinski definition) is 2. The lowest BCUT2D eigenvalue weighted by Crippen LogP contribution is -2.49. The zero-order valence-electron chi connectivity index (χ0n) is 4.52. The minimum atomic E-state index is -0.431. The monoisotopic (exact) mass is 101 g/mol. The molecule has 1 fully saturated rings. The summed E-state index contributed by atoms with van der Waals surface area (Å²) in [5.41, 5.74) is 4.96. The van der Waals surface area contributed by atoms with Crippen LogP contribution in [0.2, 0.25) is 0 Å². The highest BCUT2D eigenvalue weighted by molar-refractivity contribution is 4.92. The third kappa shape index (κ3) is 0.924. The number of rotatable bonds is 0. The molecular formula is C5H11NO. The molecule has 0 radical (unpaired) electrons. The van der Waals surface area contributed by atoms with Gasteiger partial charge in [-0.25, -0.2) is 0 Å². The highest BCUT2D eigenvalue weighted by Crippen LogP contribution is 2.29. The first-order valence-electron chi connectivity index (χ1n) is 2.58. The molecule has 42 valence electrons. The second kappa shape index (κ2) is 1.20. The van der Waals surface area contributed by atoms with Crippen LogP contribution >= 0.6 is 0 Å². The van der Waals surface area contributed by atoms with Gasteiger partial charge in [0.2, 0.25) is 0 Å². The van der Waals surface area contributed by atoms with E-state index in [0.29, 0.717) is 0 Å². The minimum absolute atomic E-state index is 0.259. The van der Waals surface area contributed by atoms with Gasteiger partial charge in [-0.15, -0.1) is 0 Å². The van der Waals surface area contributed by atoms with Gasteiger partial charge < -0.3 is 10.8 Å². The fraction of sp³-hybridized carbons (Fsp3) is 1.00. The summed E-state index contributed by atoms with van der Waals surface area (Å²) in [4.78, 5) is 0. The molecule has 0 aliphatic heterocycles. The Labute approximate surface area is 43.3 Å². The molecule has 0 amide bonds. The van der Waals surface area contributed by atoms with Gasteiger partial charge in [-0.05, 0) is 19.8 Å². The van der Waals surface area contributed by atoms with Crippen molar-refractivity contribution in [2.24, 2.45) is 5.73 Å². The van der Waals surface area contributed by atoms with Crippen molar-refractivity contribution < 1.29 is 5.11 Å². The van der Waals surface area contributed by atoms with Crippen LogP contribution in [0.1, 0.15) is 19.8 Å².